The molecule has 1 heterocycles. The lowest BCUT2D eigenvalue weighted by molar-refractivity contribution is 0.102. The standard InChI is InChI=1S/C23H18FN3O4/c1-29-18-10-7-16(8-11-18)23-27-26-21(31-23)14-30-20-12-9-17(13-19(20)24)25-22(28)15-5-3-2-4-6-15/h2-13H,14H2,1H3,(H,25,28). The van der Waals surface area contributed by atoms with Gasteiger partial charge in [0.15, 0.2) is 18.2 Å². The maximum Gasteiger partial charge on any atom is 0.255 e. The number of benzene rings is 3. The van der Waals surface area contributed by atoms with E-state index in [-0.39, 0.29) is 24.2 Å². The molecule has 0 radical (unpaired) electrons. The van der Waals surface area contributed by atoms with Crippen molar-refractivity contribution in [1.29, 1.82) is 0 Å². The highest BCUT2D eigenvalue weighted by Gasteiger charge is 2.12. The third-order valence-electron chi connectivity index (χ3n) is 4.38. The van der Waals surface area contributed by atoms with Crippen molar-refractivity contribution >= 4 is 11.6 Å². The Balaban J connectivity index is 1.38. The van der Waals surface area contributed by atoms with Crippen molar-refractivity contribution in [2.45, 2.75) is 6.61 Å². The van der Waals surface area contributed by atoms with Gasteiger partial charge in [-0.3, -0.25) is 4.79 Å². The van der Waals surface area contributed by atoms with Crippen LogP contribution in [0.2, 0.25) is 0 Å². The predicted molar refractivity (Wildman–Crippen MR) is 111 cm³/mol. The summed E-state index contributed by atoms with van der Waals surface area (Å²) >= 11 is 0. The number of hydrogen-bond donors (Lipinski definition) is 1. The van der Waals surface area contributed by atoms with Gasteiger partial charge in [-0.05, 0) is 48.5 Å². The third-order valence-corrected chi connectivity index (χ3v) is 4.38. The minimum absolute atomic E-state index is 0.00177. The second-order valence-electron chi connectivity index (χ2n) is 6.48. The number of anilines is 1. The van der Waals surface area contributed by atoms with Crippen molar-refractivity contribution in [3.8, 4) is 23.0 Å². The Morgan fingerprint density at radius 3 is 2.52 bits per heavy atom. The number of nitrogens with one attached hydrogen (secondary N) is 1. The van der Waals surface area contributed by atoms with Gasteiger partial charge in [0.25, 0.3) is 11.8 Å². The number of methoxy groups -OCH3 is 1. The molecule has 0 saturated heterocycles. The molecule has 0 spiro atoms. The van der Waals surface area contributed by atoms with Gasteiger partial charge in [0.05, 0.1) is 7.11 Å². The summed E-state index contributed by atoms with van der Waals surface area (Å²) in [5, 5.41) is 10.5. The van der Waals surface area contributed by atoms with Crippen molar-refractivity contribution in [3.05, 3.63) is 90.1 Å². The average Bonchev–Trinajstić information content (AvgIpc) is 3.28. The Labute approximate surface area is 177 Å². The summed E-state index contributed by atoms with van der Waals surface area (Å²) in [4.78, 5) is 12.2. The van der Waals surface area contributed by atoms with E-state index < -0.39 is 5.82 Å². The first-order valence-electron chi connectivity index (χ1n) is 9.38. The number of halogens is 1. The quantitative estimate of drug-likeness (QED) is 0.467. The molecule has 0 fully saturated rings. The van der Waals surface area contributed by atoms with Crippen LogP contribution in [-0.4, -0.2) is 23.2 Å². The Kier molecular flexibility index (Phi) is 5.89. The van der Waals surface area contributed by atoms with Crippen LogP contribution in [-0.2, 0) is 6.61 Å². The second kappa shape index (κ2) is 9.08. The fraction of sp³-hybridized carbons (Fsp3) is 0.0870. The van der Waals surface area contributed by atoms with Crippen molar-refractivity contribution in [1.82, 2.24) is 10.2 Å². The molecule has 0 saturated carbocycles. The molecule has 0 aliphatic rings. The van der Waals surface area contributed by atoms with Crippen molar-refractivity contribution in [2.75, 3.05) is 12.4 Å². The van der Waals surface area contributed by atoms with Gasteiger partial charge in [-0.15, -0.1) is 10.2 Å². The first-order valence-corrected chi connectivity index (χ1v) is 9.38. The highest BCUT2D eigenvalue weighted by atomic mass is 19.1. The lowest BCUT2D eigenvalue weighted by Crippen LogP contribution is -2.11. The molecule has 4 aromatic rings. The highest BCUT2D eigenvalue weighted by molar-refractivity contribution is 6.04. The van der Waals surface area contributed by atoms with E-state index in [4.69, 9.17) is 13.9 Å². The van der Waals surface area contributed by atoms with E-state index in [2.05, 4.69) is 15.5 Å². The van der Waals surface area contributed by atoms with E-state index in [1.54, 1.807) is 61.7 Å². The highest BCUT2D eigenvalue weighted by Crippen LogP contribution is 2.24. The maximum atomic E-state index is 14.4. The summed E-state index contributed by atoms with van der Waals surface area (Å²) in [5.74, 6) is 0.284. The Bertz CT molecular complexity index is 1180. The van der Waals surface area contributed by atoms with Crippen molar-refractivity contribution in [2.24, 2.45) is 0 Å². The third kappa shape index (κ3) is 4.87. The van der Waals surface area contributed by atoms with Crippen LogP contribution in [0.3, 0.4) is 0 Å². The summed E-state index contributed by atoms with van der Waals surface area (Å²) in [6.07, 6.45) is 0. The van der Waals surface area contributed by atoms with Gasteiger partial charge in [0.2, 0.25) is 5.89 Å². The number of nitrogens with zero attached hydrogens (tertiary/aromatic N) is 2. The zero-order valence-electron chi connectivity index (χ0n) is 16.5. The first-order chi connectivity index (χ1) is 15.1. The molecule has 0 atom stereocenters. The smallest absolute Gasteiger partial charge is 0.255 e. The molecule has 1 aromatic heterocycles. The lowest BCUT2D eigenvalue weighted by Gasteiger charge is -2.08. The molecule has 1 N–H and O–H groups in total. The molecule has 4 rings (SSSR count). The van der Waals surface area contributed by atoms with Gasteiger partial charge in [-0.25, -0.2) is 4.39 Å². The molecule has 0 unspecified atom stereocenters. The predicted octanol–water partition coefficient (Wildman–Crippen LogP) is 4.72. The summed E-state index contributed by atoms with van der Waals surface area (Å²) in [6.45, 7) is -0.101. The minimum atomic E-state index is -0.624. The van der Waals surface area contributed by atoms with Crippen LogP contribution in [0.4, 0.5) is 10.1 Å². The Hall–Kier alpha value is -4.20. The molecule has 3 aromatic carbocycles. The summed E-state index contributed by atoms with van der Waals surface area (Å²) < 4.78 is 30.5. The van der Waals surface area contributed by atoms with Crippen molar-refractivity contribution in [3.63, 3.8) is 0 Å². The Morgan fingerprint density at radius 1 is 1.03 bits per heavy atom. The van der Waals surface area contributed by atoms with Gasteiger partial charge in [-0.1, -0.05) is 18.2 Å². The van der Waals surface area contributed by atoms with Crippen LogP contribution in [0.25, 0.3) is 11.5 Å². The zero-order valence-corrected chi connectivity index (χ0v) is 16.5. The molecule has 8 heteroatoms. The number of rotatable bonds is 7. The van der Waals surface area contributed by atoms with E-state index >= 15 is 0 Å². The number of aromatic nitrogens is 2. The molecular formula is C23H18FN3O4. The number of amides is 1. The molecule has 1 amide bonds. The molecule has 0 aliphatic heterocycles. The van der Waals surface area contributed by atoms with Crippen LogP contribution in [0.1, 0.15) is 16.2 Å². The average molecular weight is 419 g/mol. The van der Waals surface area contributed by atoms with E-state index in [9.17, 15) is 9.18 Å². The molecule has 0 bridgehead atoms. The van der Waals surface area contributed by atoms with Gasteiger partial charge in [0, 0.05) is 22.9 Å². The van der Waals surface area contributed by atoms with Gasteiger partial charge in [-0.2, -0.15) is 0 Å². The number of carbonyl (C=O) groups excluding carboxylic acids is 1. The zero-order chi connectivity index (χ0) is 21.6. The van der Waals surface area contributed by atoms with Crippen LogP contribution >= 0.6 is 0 Å². The van der Waals surface area contributed by atoms with E-state index in [0.29, 0.717) is 22.9 Å². The van der Waals surface area contributed by atoms with Gasteiger partial charge >= 0.3 is 0 Å². The molecule has 0 aliphatic carbocycles. The number of hydrogen-bond acceptors (Lipinski definition) is 6. The van der Waals surface area contributed by atoms with Crippen LogP contribution in [0.15, 0.2) is 77.2 Å². The summed E-state index contributed by atoms with van der Waals surface area (Å²) in [7, 11) is 1.58. The monoisotopic (exact) mass is 419 g/mol. The number of carbonyl (C=O) groups is 1. The van der Waals surface area contributed by atoms with E-state index in [1.165, 1.54) is 12.1 Å². The fourth-order valence-corrected chi connectivity index (χ4v) is 2.79. The molecule has 31 heavy (non-hydrogen) atoms. The summed E-state index contributed by atoms with van der Waals surface area (Å²) in [6, 6.07) is 20.0. The van der Waals surface area contributed by atoms with E-state index in [0.717, 1.165) is 5.56 Å². The van der Waals surface area contributed by atoms with Crippen molar-refractivity contribution < 1.29 is 23.1 Å². The minimum Gasteiger partial charge on any atom is -0.497 e. The normalized spacial score (nSPS) is 10.5. The van der Waals surface area contributed by atoms with Gasteiger partial charge < -0.3 is 19.2 Å². The van der Waals surface area contributed by atoms with Crippen LogP contribution < -0.4 is 14.8 Å². The molecular weight excluding hydrogens is 401 g/mol. The molecule has 7 nitrogen and oxygen atoms in total. The lowest BCUT2D eigenvalue weighted by atomic mass is 10.2. The first kappa shape index (κ1) is 20.1. The van der Waals surface area contributed by atoms with Gasteiger partial charge in [0.1, 0.15) is 5.75 Å². The Morgan fingerprint density at radius 2 is 1.81 bits per heavy atom. The largest absolute Gasteiger partial charge is 0.497 e. The number of ether oxygens (including phenoxy) is 2. The summed E-state index contributed by atoms with van der Waals surface area (Å²) in [5.41, 5.74) is 1.52. The van der Waals surface area contributed by atoms with E-state index in [1.807, 2.05) is 6.07 Å². The topological polar surface area (TPSA) is 86.5 Å². The van der Waals surface area contributed by atoms with Crippen LogP contribution in [0, 0.1) is 5.82 Å². The van der Waals surface area contributed by atoms with Crippen LogP contribution in [0.5, 0.6) is 11.5 Å². The fourth-order valence-electron chi connectivity index (χ4n) is 2.79. The SMILES string of the molecule is COc1ccc(-c2nnc(COc3ccc(NC(=O)c4ccccc4)cc3F)o2)cc1. The molecule has 156 valence electrons. The second-order valence-corrected chi connectivity index (χ2v) is 6.48. The maximum absolute atomic E-state index is 14.4.